The lowest BCUT2D eigenvalue weighted by Crippen LogP contribution is -2.16. The lowest BCUT2D eigenvalue weighted by atomic mass is 10.0. The molecule has 1 aromatic carbocycles. The van der Waals surface area contributed by atoms with E-state index in [1.165, 1.54) is 12.1 Å². The van der Waals surface area contributed by atoms with E-state index >= 15 is 0 Å². The Kier molecular flexibility index (Phi) is 3.65. The minimum absolute atomic E-state index is 0.317. The maximum Gasteiger partial charge on any atom is 0.124 e. The van der Waals surface area contributed by atoms with Gasteiger partial charge in [-0.15, -0.1) is 0 Å². The maximum atomic E-state index is 13.3. The first-order chi connectivity index (χ1) is 7.99. The molecule has 1 heterocycles. The molecule has 2 N–H and O–H groups in total. The van der Waals surface area contributed by atoms with Crippen LogP contribution < -0.4 is 5.73 Å². The Labute approximate surface area is 115 Å². The second kappa shape index (κ2) is 4.88. The van der Waals surface area contributed by atoms with Crippen LogP contribution in [0.15, 0.2) is 33.3 Å². The summed E-state index contributed by atoms with van der Waals surface area (Å²) in [5, 5.41) is 4.09. The van der Waals surface area contributed by atoms with Crippen molar-refractivity contribution in [2.24, 2.45) is 12.8 Å². The van der Waals surface area contributed by atoms with Gasteiger partial charge >= 0.3 is 0 Å². The number of benzene rings is 1. The van der Waals surface area contributed by atoms with Gasteiger partial charge in [-0.05, 0) is 39.7 Å². The molecule has 2 rings (SSSR count). The van der Waals surface area contributed by atoms with Crippen molar-refractivity contribution in [2.45, 2.75) is 6.04 Å². The Morgan fingerprint density at radius 1 is 1.35 bits per heavy atom. The number of nitrogens with two attached hydrogens (primary N) is 1. The largest absolute Gasteiger partial charge is 0.319 e. The van der Waals surface area contributed by atoms with Crippen LogP contribution in [0.5, 0.6) is 0 Å². The molecule has 0 bridgehead atoms. The van der Waals surface area contributed by atoms with Crippen LogP contribution in [0.3, 0.4) is 0 Å². The molecule has 2 aromatic rings. The number of hydrogen-bond donors (Lipinski definition) is 1. The van der Waals surface area contributed by atoms with E-state index in [2.05, 4.69) is 37.0 Å². The third kappa shape index (κ3) is 2.59. The third-order valence-corrected chi connectivity index (χ3v) is 3.55. The van der Waals surface area contributed by atoms with Crippen LogP contribution in [0.4, 0.5) is 4.39 Å². The minimum atomic E-state index is -0.427. The quantitative estimate of drug-likeness (QED) is 0.891. The molecule has 0 saturated heterocycles. The summed E-state index contributed by atoms with van der Waals surface area (Å²) in [5.74, 6) is -0.317. The van der Waals surface area contributed by atoms with Crippen LogP contribution >= 0.6 is 31.9 Å². The van der Waals surface area contributed by atoms with Crippen molar-refractivity contribution >= 4 is 31.9 Å². The van der Waals surface area contributed by atoms with Gasteiger partial charge in [-0.25, -0.2) is 4.39 Å². The van der Waals surface area contributed by atoms with Crippen LogP contribution in [0.25, 0.3) is 0 Å². The van der Waals surface area contributed by atoms with Crippen molar-refractivity contribution < 1.29 is 4.39 Å². The fourth-order valence-corrected chi connectivity index (χ4v) is 2.76. The molecule has 0 aliphatic carbocycles. The molecule has 0 fully saturated rings. The molecule has 0 saturated carbocycles. The second-order valence-electron chi connectivity index (χ2n) is 3.68. The Bertz CT molecular complexity index is 514. The number of aromatic nitrogens is 2. The molecule has 6 heteroatoms. The third-order valence-electron chi connectivity index (χ3n) is 2.48. The lowest BCUT2D eigenvalue weighted by molar-refractivity contribution is 0.618. The van der Waals surface area contributed by atoms with Gasteiger partial charge in [-0.2, -0.15) is 5.10 Å². The summed E-state index contributed by atoms with van der Waals surface area (Å²) in [4.78, 5) is 0. The first kappa shape index (κ1) is 12.7. The van der Waals surface area contributed by atoms with Crippen LogP contribution in [-0.4, -0.2) is 9.78 Å². The molecule has 0 amide bonds. The monoisotopic (exact) mass is 361 g/mol. The highest BCUT2D eigenvalue weighted by atomic mass is 79.9. The molecule has 1 unspecified atom stereocenters. The normalized spacial score (nSPS) is 12.8. The Hall–Kier alpha value is -0.720. The zero-order valence-electron chi connectivity index (χ0n) is 8.99. The van der Waals surface area contributed by atoms with E-state index in [9.17, 15) is 4.39 Å². The van der Waals surface area contributed by atoms with Crippen molar-refractivity contribution in [1.29, 1.82) is 0 Å². The highest BCUT2D eigenvalue weighted by Crippen LogP contribution is 2.28. The second-order valence-corrected chi connectivity index (χ2v) is 5.45. The van der Waals surface area contributed by atoms with Gasteiger partial charge in [0.15, 0.2) is 0 Å². The Morgan fingerprint density at radius 3 is 2.59 bits per heavy atom. The van der Waals surface area contributed by atoms with E-state index < -0.39 is 6.04 Å². The number of hydrogen-bond acceptors (Lipinski definition) is 2. The minimum Gasteiger partial charge on any atom is -0.319 e. The van der Waals surface area contributed by atoms with Crippen molar-refractivity contribution in [2.75, 3.05) is 0 Å². The topological polar surface area (TPSA) is 43.8 Å². The van der Waals surface area contributed by atoms with Crippen LogP contribution in [0, 0.1) is 5.82 Å². The highest BCUT2D eigenvalue weighted by molar-refractivity contribution is 9.10. The van der Waals surface area contributed by atoms with E-state index in [-0.39, 0.29) is 5.82 Å². The van der Waals surface area contributed by atoms with Crippen molar-refractivity contribution in [3.05, 3.63) is 50.4 Å². The first-order valence-corrected chi connectivity index (χ1v) is 6.46. The number of aryl methyl sites for hydroxylation is 1. The molecule has 0 aliphatic rings. The van der Waals surface area contributed by atoms with Gasteiger partial charge in [-0.1, -0.05) is 15.9 Å². The first-order valence-electron chi connectivity index (χ1n) is 4.88. The van der Waals surface area contributed by atoms with E-state index in [0.717, 1.165) is 10.2 Å². The number of nitrogens with zero attached hydrogens (tertiary/aromatic N) is 2. The summed E-state index contributed by atoms with van der Waals surface area (Å²) in [5.41, 5.74) is 7.63. The van der Waals surface area contributed by atoms with Gasteiger partial charge < -0.3 is 5.73 Å². The summed E-state index contributed by atoms with van der Waals surface area (Å²) in [6.45, 7) is 0. The lowest BCUT2D eigenvalue weighted by Gasteiger charge is -2.14. The maximum absolute atomic E-state index is 13.3. The molecule has 17 heavy (non-hydrogen) atoms. The van der Waals surface area contributed by atoms with Crippen LogP contribution in [0.1, 0.15) is 17.3 Å². The molecule has 0 aliphatic heterocycles. The van der Waals surface area contributed by atoms with Gasteiger partial charge in [0.05, 0.1) is 22.4 Å². The summed E-state index contributed by atoms with van der Waals surface area (Å²) < 4.78 is 16.5. The predicted molar refractivity (Wildman–Crippen MR) is 71.0 cm³/mol. The fourth-order valence-electron chi connectivity index (χ4n) is 1.68. The molecule has 3 nitrogen and oxygen atoms in total. The van der Waals surface area contributed by atoms with Gasteiger partial charge in [0.2, 0.25) is 0 Å². The Balaban J connectivity index is 2.47. The summed E-state index contributed by atoms with van der Waals surface area (Å²) in [6.07, 6.45) is 1.67. The smallest absolute Gasteiger partial charge is 0.124 e. The summed E-state index contributed by atoms with van der Waals surface area (Å²) in [7, 11) is 1.80. The summed E-state index contributed by atoms with van der Waals surface area (Å²) >= 11 is 6.64. The van der Waals surface area contributed by atoms with Crippen molar-refractivity contribution in [3.63, 3.8) is 0 Å². The Morgan fingerprint density at radius 2 is 2.06 bits per heavy atom. The van der Waals surface area contributed by atoms with Crippen LogP contribution in [0.2, 0.25) is 0 Å². The van der Waals surface area contributed by atoms with Gasteiger partial charge in [0.25, 0.3) is 0 Å². The van der Waals surface area contributed by atoms with Crippen LogP contribution in [-0.2, 0) is 7.05 Å². The standard InChI is InChI=1S/C11H10Br2FN3/c1-17-11(9(13)5-16-17)10(15)6-2-7(12)4-8(14)3-6/h2-5,10H,15H2,1H3. The van der Waals surface area contributed by atoms with Crippen molar-refractivity contribution in [3.8, 4) is 0 Å². The van der Waals surface area contributed by atoms with Gasteiger partial charge in [0.1, 0.15) is 5.82 Å². The summed E-state index contributed by atoms with van der Waals surface area (Å²) in [6, 6.07) is 4.19. The highest BCUT2D eigenvalue weighted by Gasteiger charge is 2.17. The molecular formula is C11H10Br2FN3. The van der Waals surface area contributed by atoms with E-state index in [0.29, 0.717) is 10.0 Å². The molecule has 0 spiro atoms. The van der Waals surface area contributed by atoms with Gasteiger partial charge in [-0.3, -0.25) is 4.68 Å². The fraction of sp³-hybridized carbons (Fsp3) is 0.182. The van der Waals surface area contributed by atoms with Crippen molar-refractivity contribution in [1.82, 2.24) is 9.78 Å². The number of halogens is 3. The molecule has 90 valence electrons. The molecule has 1 aromatic heterocycles. The molecular weight excluding hydrogens is 353 g/mol. The predicted octanol–water partition coefficient (Wildman–Crippen LogP) is 3.13. The van der Waals surface area contributed by atoms with Gasteiger partial charge in [0, 0.05) is 11.5 Å². The average molecular weight is 363 g/mol. The zero-order valence-corrected chi connectivity index (χ0v) is 12.2. The number of rotatable bonds is 2. The van der Waals surface area contributed by atoms with E-state index in [1.54, 1.807) is 24.0 Å². The molecule has 1 atom stereocenters. The zero-order chi connectivity index (χ0) is 12.6. The SMILES string of the molecule is Cn1ncc(Br)c1C(N)c1cc(F)cc(Br)c1. The van der Waals surface area contributed by atoms with E-state index in [1.807, 2.05) is 0 Å². The average Bonchev–Trinajstić information content (AvgIpc) is 2.56. The van der Waals surface area contributed by atoms with E-state index in [4.69, 9.17) is 5.73 Å². The molecule has 0 radical (unpaired) electrons.